The van der Waals surface area contributed by atoms with Gasteiger partial charge in [0.25, 0.3) is 5.91 Å². The Morgan fingerprint density at radius 1 is 1.05 bits per heavy atom. The van der Waals surface area contributed by atoms with Gasteiger partial charge in [-0.25, -0.2) is 0 Å². The molecule has 2 aromatic rings. The van der Waals surface area contributed by atoms with Gasteiger partial charge in [-0.1, -0.05) is 31.2 Å². The van der Waals surface area contributed by atoms with E-state index < -0.39 is 0 Å². The molecule has 116 valence electrons. The molecule has 4 nitrogen and oxygen atoms in total. The minimum Gasteiger partial charge on any atom is -0.484 e. The van der Waals surface area contributed by atoms with E-state index in [4.69, 9.17) is 9.47 Å². The molecule has 0 aromatic heterocycles. The number of amides is 1. The molecule has 0 aliphatic rings. The largest absolute Gasteiger partial charge is 0.484 e. The molecule has 0 aliphatic carbocycles. The standard InChI is InChI=1S/C18H21NO3/c1-3-14(2)19-18(20)13-21-16-10-7-11-17(12-16)22-15-8-5-4-6-9-15/h4-12,14H,3,13H2,1-2H3,(H,19,20)/t14-/m0/s1. The Morgan fingerprint density at radius 3 is 2.45 bits per heavy atom. The first-order valence-corrected chi connectivity index (χ1v) is 7.42. The molecule has 1 amide bonds. The highest BCUT2D eigenvalue weighted by Crippen LogP contribution is 2.24. The summed E-state index contributed by atoms with van der Waals surface area (Å²) in [5.41, 5.74) is 0. The molecule has 0 spiro atoms. The van der Waals surface area contributed by atoms with Crippen LogP contribution in [0.1, 0.15) is 20.3 Å². The summed E-state index contributed by atoms with van der Waals surface area (Å²) in [6.45, 7) is 3.99. The van der Waals surface area contributed by atoms with E-state index in [0.29, 0.717) is 11.5 Å². The summed E-state index contributed by atoms with van der Waals surface area (Å²) in [5, 5.41) is 2.86. The molecule has 0 saturated carbocycles. The molecule has 22 heavy (non-hydrogen) atoms. The van der Waals surface area contributed by atoms with Crippen LogP contribution in [0.25, 0.3) is 0 Å². The van der Waals surface area contributed by atoms with Crippen LogP contribution in [0.4, 0.5) is 0 Å². The molecular formula is C18H21NO3. The van der Waals surface area contributed by atoms with Gasteiger partial charge in [-0.2, -0.15) is 0 Å². The SMILES string of the molecule is CC[C@H](C)NC(=O)COc1cccc(Oc2ccccc2)c1. The zero-order chi connectivity index (χ0) is 15.8. The Bertz CT molecular complexity index is 598. The first-order chi connectivity index (χ1) is 10.7. The van der Waals surface area contributed by atoms with E-state index in [1.807, 2.05) is 56.3 Å². The van der Waals surface area contributed by atoms with Crippen molar-refractivity contribution in [2.45, 2.75) is 26.3 Å². The predicted molar refractivity (Wildman–Crippen MR) is 86.3 cm³/mol. The molecule has 2 aromatic carbocycles. The second-order valence-electron chi connectivity index (χ2n) is 5.06. The molecule has 1 N–H and O–H groups in total. The molecule has 0 heterocycles. The third-order valence-corrected chi connectivity index (χ3v) is 3.17. The summed E-state index contributed by atoms with van der Waals surface area (Å²) in [7, 11) is 0. The molecule has 0 unspecified atom stereocenters. The van der Waals surface area contributed by atoms with Gasteiger partial charge < -0.3 is 14.8 Å². The zero-order valence-corrected chi connectivity index (χ0v) is 12.9. The minimum atomic E-state index is -0.122. The Labute approximate surface area is 131 Å². The van der Waals surface area contributed by atoms with Gasteiger partial charge in [-0.3, -0.25) is 4.79 Å². The Hall–Kier alpha value is -2.49. The van der Waals surface area contributed by atoms with Crippen LogP contribution in [0, 0.1) is 0 Å². The van der Waals surface area contributed by atoms with E-state index in [-0.39, 0.29) is 18.6 Å². The number of hydrogen-bond acceptors (Lipinski definition) is 3. The van der Waals surface area contributed by atoms with E-state index in [0.717, 1.165) is 12.2 Å². The van der Waals surface area contributed by atoms with E-state index in [1.165, 1.54) is 0 Å². The van der Waals surface area contributed by atoms with Crippen molar-refractivity contribution in [1.29, 1.82) is 0 Å². The summed E-state index contributed by atoms with van der Waals surface area (Å²) in [5.74, 6) is 1.91. The number of para-hydroxylation sites is 1. The van der Waals surface area contributed by atoms with Crippen molar-refractivity contribution in [3.8, 4) is 17.2 Å². The van der Waals surface area contributed by atoms with Gasteiger partial charge in [-0.15, -0.1) is 0 Å². The highest BCUT2D eigenvalue weighted by molar-refractivity contribution is 5.77. The fourth-order valence-electron chi connectivity index (χ4n) is 1.82. The fraction of sp³-hybridized carbons (Fsp3) is 0.278. The van der Waals surface area contributed by atoms with Gasteiger partial charge >= 0.3 is 0 Å². The van der Waals surface area contributed by atoms with Crippen LogP contribution >= 0.6 is 0 Å². The number of rotatable bonds is 7. The Kier molecular flexibility index (Phi) is 5.83. The number of hydrogen-bond donors (Lipinski definition) is 1. The van der Waals surface area contributed by atoms with Gasteiger partial charge in [0.2, 0.25) is 0 Å². The Balaban J connectivity index is 1.90. The lowest BCUT2D eigenvalue weighted by Crippen LogP contribution is -2.35. The second-order valence-corrected chi connectivity index (χ2v) is 5.06. The van der Waals surface area contributed by atoms with Crippen molar-refractivity contribution in [3.63, 3.8) is 0 Å². The van der Waals surface area contributed by atoms with Crippen LogP contribution in [0.15, 0.2) is 54.6 Å². The topological polar surface area (TPSA) is 47.6 Å². The predicted octanol–water partition coefficient (Wildman–Crippen LogP) is 3.77. The van der Waals surface area contributed by atoms with Crippen LogP contribution in [0.5, 0.6) is 17.2 Å². The first kappa shape index (κ1) is 15.9. The smallest absolute Gasteiger partial charge is 0.258 e. The summed E-state index contributed by atoms with van der Waals surface area (Å²) in [4.78, 5) is 11.7. The summed E-state index contributed by atoms with van der Waals surface area (Å²) in [6, 6.07) is 16.9. The second kappa shape index (κ2) is 8.08. The van der Waals surface area contributed by atoms with Crippen LogP contribution in [0.3, 0.4) is 0 Å². The third-order valence-electron chi connectivity index (χ3n) is 3.17. The van der Waals surface area contributed by atoms with Gasteiger partial charge in [-0.05, 0) is 37.6 Å². The van der Waals surface area contributed by atoms with E-state index in [1.54, 1.807) is 12.1 Å². The Morgan fingerprint density at radius 2 is 1.73 bits per heavy atom. The third kappa shape index (κ3) is 5.13. The van der Waals surface area contributed by atoms with Crippen LogP contribution < -0.4 is 14.8 Å². The van der Waals surface area contributed by atoms with E-state index in [9.17, 15) is 4.79 Å². The van der Waals surface area contributed by atoms with Crippen LogP contribution in [-0.2, 0) is 4.79 Å². The number of ether oxygens (including phenoxy) is 2. The lowest BCUT2D eigenvalue weighted by Gasteiger charge is -2.12. The number of nitrogens with one attached hydrogen (secondary N) is 1. The number of benzene rings is 2. The van der Waals surface area contributed by atoms with Crippen molar-refractivity contribution >= 4 is 5.91 Å². The quantitative estimate of drug-likeness (QED) is 0.846. The molecule has 1 atom stereocenters. The molecule has 0 saturated heterocycles. The molecule has 2 rings (SSSR count). The average Bonchev–Trinajstić information content (AvgIpc) is 2.54. The van der Waals surface area contributed by atoms with E-state index >= 15 is 0 Å². The van der Waals surface area contributed by atoms with Gasteiger partial charge in [0.1, 0.15) is 17.2 Å². The lowest BCUT2D eigenvalue weighted by molar-refractivity contribution is -0.123. The maximum absolute atomic E-state index is 11.7. The first-order valence-electron chi connectivity index (χ1n) is 7.42. The molecule has 0 radical (unpaired) electrons. The zero-order valence-electron chi connectivity index (χ0n) is 12.9. The maximum Gasteiger partial charge on any atom is 0.258 e. The highest BCUT2D eigenvalue weighted by atomic mass is 16.5. The van der Waals surface area contributed by atoms with Gasteiger partial charge in [0, 0.05) is 12.1 Å². The van der Waals surface area contributed by atoms with Crippen molar-refractivity contribution in [2.24, 2.45) is 0 Å². The van der Waals surface area contributed by atoms with Crippen LogP contribution in [0.2, 0.25) is 0 Å². The monoisotopic (exact) mass is 299 g/mol. The van der Waals surface area contributed by atoms with Gasteiger partial charge in [0.05, 0.1) is 0 Å². The average molecular weight is 299 g/mol. The van der Waals surface area contributed by atoms with Crippen LogP contribution in [-0.4, -0.2) is 18.6 Å². The van der Waals surface area contributed by atoms with Crippen molar-refractivity contribution in [3.05, 3.63) is 54.6 Å². The highest BCUT2D eigenvalue weighted by Gasteiger charge is 2.07. The summed E-state index contributed by atoms with van der Waals surface area (Å²) in [6.07, 6.45) is 0.895. The number of carbonyl (C=O) groups is 1. The normalized spacial score (nSPS) is 11.5. The molecular weight excluding hydrogens is 278 g/mol. The summed E-state index contributed by atoms with van der Waals surface area (Å²) < 4.78 is 11.2. The lowest BCUT2D eigenvalue weighted by atomic mass is 10.2. The van der Waals surface area contributed by atoms with Crippen molar-refractivity contribution < 1.29 is 14.3 Å². The van der Waals surface area contributed by atoms with Crippen molar-refractivity contribution in [1.82, 2.24) is 5.32 Å². The number of carbonyl (C=O) groups excluding carboxylic acids is 1. The minimum absolute atomic E-state index is 0.000863. The fourth-order valence-corrected chi connectivity index (χ4v) is 1.82. The van der Waals surface area contributed by atoms with Crippen molar-refractivity contribution in [2.75, 3.05) is 6.61 Å². The summed E-state index contributed by atoms with van der Waals surface area (Å²) >= 11 is 0. The molecule has 0 aliphatic heterocycles. The van der Waals surface area contributed by atoms with Gasteiger partial charge in [0.15, 0.2) is 6.61 Å². The molecule has 0 bridgehead atoms. The molecule has 4 heteroatoms. The van der Waals surface area contributed by atoms with E-state index in [2.05, 4.69) is 5.32 Å². The molecule has 0 fully saturated rings. The maximum atomic E-state index is 11.7.